The molecule has 0 radical (unpaired) electrons. The normalized spacial score (nSPS) is 15.2. The van der Waals surface area contributed by atoms with E-state index in [1.54, 1.807) is 0 Å². The van der Waals surface area contributed by atoms with Gasteiger partial charge >= 0.3 is 0 Å². The Morgan fingerprint density at radius 2 is 0.818 bits per heavy atom. The summed E-state index contributed by atoms with van der Waals surface area (Å²) in [5, 5.41) is 20.6. The van der Waals surface area contributed by atoms with Crippen LogP contribution in [0, 0.1) is 0 Å². The number of hydrogen-bond donors (Lipinski definition) is 2. The highest BCUT2D eigenvalue weighted by atomic mass is 15.1. The van der Waals surface area contributed by atoms with Crippen molar-refractivity contribution in [3.05, 3.63) is 119 Å². The van der Waals surface area contributed by atoms with Crippen LogP contribution in [0.2, 0.25) is 0 Å². The standard InChI is InChI=1S/C38H34N6/c1-3-7-35-31(5-1)33-23-29(19-21-37(33)39-35)43-41-27-15-11-25(12-16-27)9-10-26-13-17-28(18-14-26)42-44-30-20-22-38-34(24-30)32-6-2-4-8-36(32)40-38/h9-24,39-40H,1-8H2. The Morgan fingerprint density at radius 3 is 1.27 bits per heavy atom. The lowest BCUT2D eigenvalue weighted by Gasteiger charge is -2.10. The Morgan fingerprint density at radius 1 is 0.432 bits per heavy atom. The lowest BCUT2D eigenvalue weighted by molar-refractivity contribution is 0.680. The number of H-pyrrole nitrogens is 2. The minimum Gasteiger partial charge on any atom is -0.358 e. The van der Waals surface area contributed by atoms with Crippen LogP contribution in [-0.4, -0.2) is 9.97 Å². The number of azo groups is 2. The summed E-state index contributed by atoms with van der Waals surface area (Å²) in [4.78, 5) is 7.17. The highest BCUT2D eigenvalue weighted by Gasteiger charge is 2.16. The van der Waals surface area contributed by atoms with Crippen LogP contribution in [0.3, 0.4) is 0 Å². The van der Waals surface area contributed by atoms with Crippen molar-refractivity contribution in [3.8, 4) is 0 Å². The lowest BCUT2D eigenvalue weighted by Crippen LogP contribution is -1.99. The van der Waals surface area contributed by atoms with Crippen LogP contribution >= 0.6 is 0 Å². The summed E-state index contributed by atoms with van der Waals surface area (Å²) in [6.45, 7) is 0. The molecule has 0 spiro atoms. The first-order valence-electron chi connectivity index (χ1n) is 15.7. The molecule has 0 atom stereocenters. The Kier molecular flexibility index (Phi) is 6.95. The summed E-state index contributed by atoms with van der Waals surface area (Å²) >= 11 is 0. The van der Waals surface area contributed by atoms with Gasteiger partial charge in [0.25, 0.3) is 0 Å². The van der Waals surface area contributed by atoms with Crippen LogP contribution in [0.1, 0.15) is 59.3 Å². The summed E-state index contributed by atoms with van der Waals surface area (Å²) in [7, 11) is 0. The second-order valence-electron chi connectivity index (χ2n) is 12.0. The average Bonchev–Trinajstić information content (AvgIpc) is 3.64. The number of fused-ring (bicyclic) bond motifs is 6. The van der Waals surface area contributed by atoms with Gasteiger partial charge in [-0.3, -0.25) is 0 Å². The molecule has 0 saturated carbocycles. The molecule has 0 saturated heterocycles. The first-order valence-corrected chi connectivity index (χ1v) is 15.7. The van der Waals surface area contributed by atoms with E-state index in [2.05, 4.69) is 91.1 Å². The molecule has 0 bridgehead atoms. The van der Waals surface area contributed by atoms with E-state index in [-0.39, 0.29) is 0 Å². The monoisotopic (exact) mass is 574 g/mol. The van der Waals surface area contributed by atoms with Gasteiger partial charge < -0.3 is 9.97 Å². The minimum absolute atomic E-state index is 0.837. The quantitative estimate of drug-likeness (QED) is 0.147. The van der Waals surface area contributed by atoms with Crippen molar-refractivity contribution in [2.45, 2.75) is 51.4 Å². The van der Waals surface area contributed by atoms with E-state index in [4.69, 9.17) is 0 Å². The maximum absolute atomic E-state index is 4.52. The molecule has 8 rings (SSSR count). The van der Waals surface area contributed by atoms with Crippen molar-refractivity contribution in [2.75, 3.05) is 0 Å². The summed E-state index contributed by atoms with van der Waals surface area (Å²) in [5.41, 5.74) is 13.8. The molecule has 2 heterocycles. The molecule has 2 aliphatic rings. The Balaban J connectivity index is 0.904. The first-order chi connectivity index (χ1) is 21.7. The van der Waals surface area contributed by atoms with Crippen LogP contribution in [-0.2, 0) is 25.7 Å². The lowest BCUT2D eigenvalue weighted by atomic mass is 9.95. The SMILES string of the molecule is C(=Cc1ccc(N=Nc2ccc3[nH]c4c(c3c2)CCCC4)cc1)c1ccc(N=Nc2ccc3[nH]c4c(c3c2)CCCC4)cc1. The highest BCUT2D eigenvalue weighted by Crippen LogP contribution is 2.33. The zero-order valence-corrected chi connectivity index (χ0v) is 24.7. The van der Waals surface area contributed by atoms with Gasteiger partial charge in [0.05, 0.1) is 22.7 Å². The average molecular weight is 575 g/mol. The summed E-state index contributed by atoms with van der Waals surface area (Å²) in [6.07, 6.45) is 13.9. The van der Waals surface area contributed by atoms with Crippen molar-refractivity contribution in [3.63, 3.8) is 0 Å². The molecule has 6 nitrogen and oxygen atoms in total. The summed E-state index contributed by atoms with van der Waals surface area (Å²) < 4.78 is 0. The number of aromatic amines is 2. The van der Waals surface area contributed by atoms with Gasteiger partial charge in [0.2, 0.25) is 0 Å². The molecule has 0 aliphatic heterocycles. The van der Waals surface area contributed by atoms with E-state index >= 15 is 0 Å². The molecule has 4 aromatic carbocycles. The van der Waals surface area contributed by atoms with Gasteiger partial charge in [-0.05, 0) is 134 Å². The second-order valence-corrected chi connectivity index (χ2v) is 12.0. The van der Waals surface area contributed by atoms with Gasteiger partial charge in [0.15, 0.2) is 0 Å². The molecule has 0 fully saturated rings. The van der Waals surface area contributed by atoms with E-state index in [0.29, 0.717) is 0 Å². The van der Waals surface area contributed by atoms with Crippen LogP contribution in [0.15, 0.2) is 105 Å². The third-order valence-electron chi connectivity index (χ3n) is 8.98. The van der Waals surface area contributed by atoms with E-state index < -0.39 is 0 Å². The fourth-order valence-corrected chi connectivity index (χ4v) is 6.64. The molecule has 0 unspecified atom stereocenters. The summed E-state index contributed by atoms with van der Waals surface area (Å²) in [6, 6.07) is 28.9. The number of rotatable bonds is 6. The van der Waals surface area contributed by atoms with Crippen molar-refractivity contribution < 1.29 is 0 Å². The van der Waals surface area contributed by atoms with Gasteiger partial charge in [0, 0.05) is 33.2 Å². The van der Waals surface area contributed by atoms with Crippen LogP contribution in [0.25, 0.3) is 34.0 Å². The topological polar surface area (TPSA) is 81.0 Å². The summed E-state index contributed by atoms with van der Waals surface area (Å²) in [5.74, 6) is 0. The molecule has 44 heavy (non-hydrogen) atoms. The first kappa shape index (κ1) is 26.5. The molecular weight excluding hydrogens is 540 g/mol. The molecule has 2 aromatic heterocycles. The maximum atomic E-state index is 4.52. The number of nitrogens with zero attached hydrogens (tertiary/aromatic N) is 4. The van der Waals surface area contributed by atoms with E-state index in [1.165, 1.54) is 70.0 Å². The van der Waals surface area contributed by atoms with E-state index in [9.17, 15) is 0 Å². The van der Waals surface area contributed by atoms with Crippen LogP contribution in [0.5, 0.6) is 0 Å². The van der Waals surface area contributed by atoms with E-state index in [1.807, 2.05) is 36.4 Å². The number of aryl methyl sites for hydroxylation is 4. The zero-order valence-electron chi connectivity index (χ0n) is 24.7. The van der Waals surface area contributed by atoms with Crippen LogP contribution < -0.4 is 0 Å². The molecule has 6 heteroatoms. The number of aromatic nitrogens is 2. The van der Waals surface area contributed by atoms with Gasteiger partial charge in [-0.2, -0.15) is 20.5 Å². The van der Waals surface area contributed by atoms with Crippen molar-refractivity contribution >= 4 is 56.7 Å². The number of hydrogen-bond acceptors (Lipinski definition) is 4. The molecular formula is C38H34N6. The third-order valence-corrected chi connectivity index (χ3v) is 8.98. The van der Waals surface area contributed by atoms with Gasteiger partial charge in [0.1, 0.15) is 0 Å². The number of benzene rings is 4. The molecule has 0 amide bonds. The Bertz CT molecular complexity index is 1910. The Labute approximate surface area is 256 Å². The smallest absolute Gasteiger partial charge is 0.0864 e. The second kappa shape index (κ2) is 11.5. The fraction of sp³-hybridized carbons (Fsp3) is 0.211. The van der Waals surface area contributed by atoms with Gasteiger partial charge in [-0.15, -0.1) is 0 Å². The van der Waals surface area contributed by atoms with Crippen LogP contribution in [0.4, 0.5) is 22.7 Å². The zero-order chi connectivity index (χ0) is 29.3. The number of nitrogens with one attached hydrogen (secondary N) is 2. The van der Waals surface area contributed by atoms with Gasteiger partial charge in [-0.1, -0.05) is 36.4 Å². The van der Waals surface area contributed by atoms with Gasteiger partial charge in [-0.25, -0.2) is 0 Å². The minimum atomic E-state index is 0.837. The predicted octanol–water partition coefficient (Wildman–Crippen LogP) is 11.4. The maximum Gasteiger partial charge on any atom is 0.0864 e. The largest absolute Gasteiger partial charge is 0.358 e. The fourth-order valence-electron chi connectivity index (χ4n) is 6.64. The van der Waals surface area contributed by atoms with Crippen molar-refractivity contribution in [2.24, 2.45) is 20.5 Å². The molecule has 6 aromatic rings. The molecule has 2 aliphatic carbocycles. The third kappa shape index (κ3) is 5.39. The highest BCUT2D eigenvalue weighted by molar-refractivity contribution is 5.88. The molecule has 216 valence electrons. The Hall–Kier alpha value is -5.10. The van der Waals surface area contributed by atoms with E-state index in [0.717, 1.165) is 59.6 Å². The predicted molar refractivity (Wildman–Crippen MR) is 180 cm³/mol. The van der Waals surface area contributed by atoms with Crippen molar-refractivity contribution in [1.29, 1.82) is 0 Å². The molecule has 2 N–H and O–H groups in total. The van der Waals surface area contributed by atoms with Crippen molar-refractivity contribution in [1.82, 2.24) is 9.97 Å².